The number of aryl methyl sites for hydroxylation is 2. The predicted octanol–water partition coefficient (Wildman–Crippen LogP) is 3.83. The van der Waals surface area contributed by atoms with Gasteiger partial charge in [-0.2, -0.15) is 0 Å². The highest BCUT2D eigenvalue weighted by Crippen LogP contribution is 2.29. The van der Waals surface area contributed by atoms with Crippen LogP contribution in [0.5, 0.6) is 0 Å². The Morgan fingerprint density at radius 1 is 1.12 bits per heavy atom. The van der Waals surface area contributed by atoms with Gasteiger partial charge in [-0.3, -0.25) is 9.59 Å². The summed E-state index contributed by atoms with van der Waals surface area (Å²) in [7, 11) is 1.63. The number of pyridine rings is 1. The van der Waals surface area contributed by atoms with Crippen LogP contribution in [0.3, 0.4) is 0 Å². The maximum atomic E-state index is 12.5. The SMILES string of the molecule is CCc1cccc2c1[nH]c1cc(NC(=O)c3cccn(C)c3=O)ccc12. The van der Waals surface area contributed by atoms with Crippen LogP contribution in [-0.4, -0.2) is 15.5 Å². The minimum absolute atomic E-state index is 0.125. The lowest BCUT2D eigenvalue weighted by Crippen LogP contribution is -2.26. The third-order valence-electron chi connectivity index (χ3n) is 4.73. The lowest BCUT2D eigenvalue weighted by molar-refractivity contribution is 0.102. The molecule has 0 unspecified atom stereocenters. The van der Waals surface area contributed by atoms with E-state index in [4.69, 9.17) is 0 Å². The summed E-state index contributed by atoms with van der Waals surface area (Å²) >= 11 is 0. The Bertz CT molecular complexity index is 1200. The maximum Gasteiger partial charge on any atom is 0.263 e. The van der Waals surface area contributed by atoms with Crippen molar-refractivity contribution in [2.24, 2.45) is 7.05 Å². The average molecular weight is 345 g/mol. The summed E-state index contributed by atoms with van der Waals surface area (Å²) in [4.78, 5) is 28.0. The van der Waals surface area contributed by atoms with Gasteiger partial charge in [0, 0.05) is 40.7 Å². The molecule has 5 nitrogen and oxygen atoms in total. The molecule has 130 valence electrons. The summed E-state index contributed by atoms with van der Waals surface area (Å²) < 4.78 is 1.39. The Labute approximate surface area is 150 Å². The fraction of sp³-hybridized carbons (Fsp3) is 0.143. The number of fused-ring (bicyclic) bond motifs is 3. The quantitative estimate of drug-likeness (QED) is 0.592. The van der Waals surface area contributed by atoms with E-state index in [0.717, 1.165) is 22.8 Å². The Morgan fingerprint density at radius 2 is 1.96 bits per heavy atom. The van der Waals surface area contributed by atoms with E-state index >= 15 is 0 Å². The third-order valence-corrected chi connectivity index (χ3v) is 4.73. The number of nitrogens with one attached hydrogen (secondary N) is 2. The molecule has 2 N–H and O–H groups in total. The largest absolute Gasteiger partial charge is 0.354 e. The Kier molecular flexibility index (Phi) is 3.84. The fourth-order valence-electron chi connectivity index (χ4n) is 3.33. The van der Waals surface area contributed by atoms with Crippen molar-refractivity contribution in [1.29, 1.82) is 0 Å². The van der Waals surface area contributed by atoms with Crippen molar-refractivity contribution in [3.05, 3.63) is 76.2 Å². The number of amides is 1. The van der Waals surface area contributed by atoms with E-state index in [-0.39, 0.29) is 11.1 Å². The predicted molar refractivity (Wildman–Crippen MR) is 105 cm³/mol. The van der Waals surface area contributed by atoms with Crippen LogP contribution in [0.25, 0.3) is 21.8 Å². The first-order valence-corrected chi connectivity index (χ1v) is 8.59. The van der Waals surface area contributed by atoms with Crippen molar-refractivity contribution >= 4 is 33.4 Å². The summed E-state index contributed by atoms with van der Waals surface area (Å²) in [6.07, 6.45) is 2.58. The van der Waals surface area contributed by atoms with Crippen LogP contribution >= 0.6 is 0 Å². The van der Waals surface area contributed by atoms with Gasteiger partial charge in [0.2, 0.25) is 0 Å². The molecule has 2 heterocycles. The molecule has 5 heteroatoms. The van der Waals surface area contributed by atoms with Crippen LogP contribution in [-0.2, 0) is 13.5 Å². The van der Waals surface area contributed by atoms with Crippen LogP contribution in [0.2, 0.25) is 0 Å². The van der Waals surface area contributed by atoms with Crippen molar-refractivity contribution in [2.45, 2.75) is 13.3 Å². The van der Waals surface area contributed by atoms with E-state index in [1.54, 1.807) is 19.3 Å². The van der Waals surface area contributed by atoms with Crippen molar-refractivity contribution in [3.8, 4) is 0 Å². The number of benzene rings is 2. The first kappa shape index (κ1) is 16.1. The van der Waals surface area contributed by atoms with Gasteiger partial charge in [0.05, 0.1) is 0 Å². The zero-order chi connectivity index (χ0) is 18.3. The molecule has 0 spiro atoms. The molecule has 0 aliphatic carbocycles. The second kappa shape index (κ2) is 6.19. The number of H-pyrrole nitrogens is 1. The molecule has 4 aromatic rings. The van der Waals surface area contributed by atoms with Crippen molar-refractivity contribution < 1.29 is 4.79 Å². The van der Waals surface area contributed by atoms with Gasteiger partial charge in [0.1, 0.15) is 5.56 Å². The average Bonchev–Trinajstić information content (AvgIpc) is 3.01. The number of para-hydroxylation sites is 1. The lowest BCUT2D eigenvalue weighted by atomic mass is 10.1. The minimum Gasteiger partial charge on any atom is -0.354 e. The number of rotatable bonds is 3. The monoisotopic (exact) mass is 345 g/mol. The highest BCUT2D eigenvalue weighted by molar-refractivity contribution is 6.10. The molecule has 0 aliphatic rings. The molecule has 0 aliphatic heterocycles. The van der Waals surface area contributed by atoms with E-state index in [9.17, 15) is 9.59 Å². The molecule has 4 rings (SSSR count). The van der Waals surface area contributed by atoms with Crippen LogP contribution in [0.15, 0.2) is 59.5 Å². The molecule has 0 saturated heterocycles. The molecule has 2 aromatic heterocycles. The smallest absolute Gasteiger partial charge is 0.263 e. The Hall–Kier alpha value is -3.34. The second-order valence-corrected chi connectivity index (χ2v) is 6.37. The first-order valence-electron chi connectivity index (χ1n) is 8.59. The van der Waals surface area contributed by atoms with Crippen LogP contribution in [0.1, 0.15) is 22.8 Å². The Morgan fingerprint density at radius 3 is 2.77 bits per heavy atom. The lowest BCUT2D eigenvalue weighted by Gasteiger charge is -2.06. The molecular formula is C21H19N3O2. The van der Waals surface area contributed by atoms with Gasteiger partial charge in [-0.15, -0.1) is 0 Å². The molecule has 0 fully saturated rings. The van der Waals surface area contributed by atoms with E-state index < -0.39 is 5.91 Å². The van der Waals surface area contributed by atoms with Gasteiger partial charge in [-0.05, 0) is 36.2 Å². The van der Waals surface area contributed by atoms with Crippen LogP contribution in [0, 0.1) is 0 Å². The van der Waals surface area contributed by atoms with E-state index in [2.05, 4.69) is 35.4 Å². The summed E-state index contributed by atoms with van der Waals surface area (Å²) in [5.74, 6) is -0.407. The first-order chi connectivity index (χ1) is 12.6. The van der Waals surface area contributed by atoms with Gasteiger partial charge >= 0.3 is 0 Å². The molecule has 0 radical (unpaired) electrons. The number of aromatic amines is 1. The number of hydrogen-bond donors (Lipinski definition) is 2. The normalized spacial score (nSPS) is 11.2. The number of nitrogens with zero attached hydrogens (tertiary/aromatic N) is 1. The van der Waals surface area contributed by atoms with Crippen molar-refractivity contribution in [3.63, 3.8) is 0 Å². The molecule has 0 saturated carbocycles. The summed E-state index contributed by atoms with van der Waals surface area (Å²) in [6.45, 7) is 2.13. The number of carbonyl (C=O) groups is 1. The van der Waals surface area contributed by atoms with Gasteiger partial charge in [0.25, 0.3) is 11.5 Å². The molecular weight excluding hydrogens is 326 g/mol. The number of hydrogen-bond acceptors (Lipinski definition) is 2. The number of carbonyl (C=O) groups excluding carboxylic acids is 1. The van der Waals surface area contributed by atoms with Crippen molar-refractivity contribution in [2.75, 3.05) is 5.32 Å². The molecule has 0 atom stereocenters. The maximum absolute atomic E-state index is 12.5. The third kappa shape index (κ3) is 2.58. The highest BCUT2D eigenvalue weighted by atomic mass is 16.2. The highest BCUT2D eigenvalue weighted by Gasteiger charge is 2.13. The van der Waals surface area contributed by atoms with E-state index in [1.165, 1.54) is 21.6 Å². The fourth-order valence-corrected chi connectivity index (χ4v) is 3.33. The van der Waals surface area contributed by atoms with E-state index in [1.807, 2.05) is 18.2 Å². The zero-order valence-electron chi connectivity index (χ0n) is 14.7. The van der Waals surface area contributed by atoms with Gasteiger partial charge in [-0.1, -0.05) is 31.2 Å². The molecule has 1 amide bonds. The Balaban J connectivity index is 1.74. The number of aromatic nitrogens is 2. The van der Waals surface area contributed by atoms with E-state index in [0.29, 0.717) is 5.69 Å². The minimum atomic E-state index is -0.407. The second-order valence-electron chi connectivity index (χ2n) is 6.37. The van der Waals surface area contributed by atoms with Crippen LogP contribution in [0.4, 0.5) is 5.69 Å². The van der Waals surface area contributed by atoms with Crippen molar-refractivity contribution in [1.82, 2.24) is 9.55 Å². The summed E-state index contributed by atoms with van der Waals surface area (Å²) in [6, 6.07) is 15.3. The summed E-state index contributed by atoms with van der Waals surface area (Å²) in [5, 5.41) is 5.11. The molecule has 0 bridgehead atoms. The van der Waals surface area contributed by atoms with Crippen LogP contribution < -0.4 is 10.9 Å². The molecule has 2 aromatic carbocycles. The number of anilines is 1. The van der Waals surface area contributed by atoms with Gasteiger partial charge in [0.15, 0.2) is 0 Å². The summed E-state index contributed by atoms with van der Waals surface area (Å²) in [5.41, 5.74) is 3.81. The molecule has 26 heavy (non-hydrogen) atoms. The topological polar surface area (TPSA) is 66.9 Å². The zero-order valence-corrected chi connectivity index (χ0v) is 14.7. The standard InChI is InChI=1S/C21H19N3O2/c1-3-13-6-4-7-16-15-10-9-14(12-18(15)23-19(13)16)22-20(25)17-8-5-11-24(2)21(17)26/h4-12,23H,3H2,1-2H3,(H,22,25). The van der Waals surface area contributed by atoms with Gasteiger partial charge in [-0.25, -0.2) is 0 Å². The van der Waals surface area contributed by atoms with Gasteiger partial charge < -0.3 is 14.9 Å².